The number of nitrogens with zero attached hydrogens (tertiary/aromatic N) is 2. The molecule has 1 aromatic heterocycles. The van der Waals surface area contributed by atoms with Gasteiger partial charge < -0.3 is 10.6 Å². The van der Waals surface area contributed by atoms with Crippen LogP contribution in [0.25, 0.3) is 0 Å². The zero-order valence-electron chi connectivity index (χ0n) is 12.3. The van der Waals surface area contributed by atoms with Gasteiger partial charge in [-0.15, -0.1) is 11.3 Å². The van der Waals surface area contributed by atoms with Gasteiger partial charge in [0.15, 0.2) is 0 Å². The van der Waals surface area contributed by atoms with Gasteiger partial charge in [-0.3, -0.25) is 9.69 Å². The largest absolute Gasteiger partial charge is 0.348 e. The lowest BCUT2D eigenvalue weighted by molar-refractivity contribution is -0.130. The maximum absolute atomic E-state index is 12.0. The van der Waals surface area contributed by atoms with E-state index in [-0.39, 0.29) is 18.0 Å². The Balaban J connectivity index is 2.90. The summed E-state index contributed by atoms with van der Waals surface area (Å²) in [6, 6.07) is 4.25. The van der Waals surface area contributed by atoms with Crippen LogP contribution in [0.2, 0.25) is 0 Å². The first-order valence-corrected chi connectivity index (χ1v) is 7.58. The van der Waals surface area contributed by atoms with Gasteiger partial charge in [0.05, 0.1) is 12.6 Å². The highest BCUT2D eigenvalue weighted by Gasteiger charge is 2.26. The molecule has 0 fully saturated rings. The molecule has 108 valence electrons. The number of hydrogen-bond donors (Lipinski definition) is 1. The maximum Gasteiger partial charge on any atom is 0.236 e. The highest BCUT2D eigenvalue weighted by molar-refractivity contribution is 7.10. The predicted molar refractivity (Wildman–Crippen MR) is 81.3 cm³/mol. The zero-order valence-corrected chi connectivity index (χ0v) is 13.1. The number of carbonyl (C=O) groups is 1. The molecule has 19 heavy (non-hydrogen) atoms. The van der Waals surface area contributed by atoms with Gasteiger partial charge >= 0.3 is 0 Å². The van der Waals surface area contributed by atoms with Crippen molar-refractivity contribution in [3.8, 4) is 0 Å². The van der Waals surface area contributed by atoms with Gasteiger partial charge in [0.1, 0.15) is 0 Å². The van der Waals surface area contributed by atoms with Crippen LogP contribution in [0.1, 0.15) is 31.2 Å². The van der Waals surface area contributed by atoms with E-state index in [0.29, 0.717) is 6.54 Å². The lowest BCUT2D eigenvalue weighted by Gasteiger charge is -2.33. The molecule has 1 amide bonds. The van der Waals surface area contributed by atoms with Crippen molar-refractivity contribution in [1.82, 2.24) is 9.80 Å². The Morgan fingerprint density at radius 1 is 1.47 bits per heavy atom. The molecule has 0 spiro atoms. The fourth-order valence-corrected chi connectivity index (χ4v) is 3.12. The second-order valence-corrected chi connectivity index (χ2v) is 6.06. The van der Waals surface area contributed by atoms with Gasteiger partial charge in [0.25, 0.3) is 0 Å². The second-order valence-electron chi connectivity index (χ2n) is 5.08. The van der Waals surface area contributed by atoms with Crippen molar-refractivity contribution in [3.63, 3.8) is 0 Å². The molecule has 2 N–H and O–H groups in total. The predicted octanol–water partition coefficient (Wildman–Crippen LogP) is 1.94. The minimum atomic E-state index is 0.000150. The van der Waals surface area contributed by atoms with Crippen molar-refractivity contribution >= 4 is 17.2 Å². The molecular weight excluding hydrogens is 258 g/mol. The molecule has 5 heteroatoms. The van der Waals surface area contributed by atoms with Crippen LogP contribution in [0.5, 0.6) is 0 Å². The van der Waals surface area contributed by atoms with E-state index in [4.69, 9.17) is 5.73 Å². The number of carbonyl (C=O) groups excluding carboxylic acids is 1. The van der Waals surface area contributed by atoms with Crippen molar-refractivity contribution in [2.24, 2.45) is 5.73 Å². The van der Waals surface area contributed by atoms with E-state index in [0.717, 1.165) is 13.0 Å². The van der Waals surface area contributed by atoms with E-state index < -0.39 is 0 Å². The molecule has 1 heterocycles. The summed E-state index contributed by atoms with van der Waals surface area (Å²) in [5, 5.41) is 2.06. The molecule has 1 aromatic rings. The molecule has 0 aromatic carbocycles. The van der Waals surface area contributed by atoms with Crippen LogP contribution >= 0.6 is 11.3 Å². The van der Waals surface area contributed by atoms with Crippen molar-refractivity contribution in [2.45, 2.75) is 32.4 Å². The zero-order chi connectivity index (χ0) is 14.4. The molecule has 0 saturated heterocycles. The van der Waals surface area contributed by atoms with E-state index >= 15 is 0 Å². The monoisotopic (exact) mass is 283 g/mol. The van der Waals surface area contributed by atoms with E-state index in [1.807, 2.05) is 13.0 Å². The second kappa shape index (κ2) is 7.62. The number of nitrogens with two attached hydrogens (primary N) is 1. The van der Waals surface area contributed by atoms with E-state index in [2.05, 4.69) is 23.3 Å². The van der Waals surface area contributed by atoms with Crippen LogP contribution in [0, 0.1) is 0 Å². The number of rotatable bonds is 7. The summed E-state index contributed by atoms with van der Waals surface area (Å²) in [7, 11) is 3.58. The number of amides is 1. The van der Waals surface area contributed by atoms with E-state index in [9.17, 15) is 4.79 Å². The van der Waals surface area contributed by atoms with Crippen LogP contribution < -0.4 is 5.73 Å². The van der Waals surface area contributed by atoms with Crippen LogP contribution in [0.3, 0.4) is 0 Å². The average Bonchev–Trinajstić information content (AvgIpc) is 2.82. The number of hydrogen-bond acceptors (Lipinski definition) is 4. The topological polar surface area (TPSA) is 49.6 Å². The molecule has 4 nitrogen and oxygen atoms in total. The van der Waals surface area contributed by atoms with Gasteiger partial charge in [0, 0.05) is 25.0 Å². The van der Waals surface area contributed by atoms with Crippen molar-refractivity contribution < 1.29 is 4.79 Å². The van der Waals surface area contributed by atoms with Crippen molar-refractivity contribution in [2.75, 3.05) is 27.2 Å². The SMILES string of the molecule is CCCN(CC(=O)N(C)C)C(c1cccs1)C(C)N. The van der Waals surface area contributed by atoms with Crippen molar-refractivity contribution in [3.05, 3.63) is 22.4 Å². The van der Waals surface area contributed by atoms with Gasteiger partial charge in [-0.2, -0.15) is 0 Å². The molecule has 2 atom stereocenters. The number of thiophene rings is 1. The van der Waals surface area contributed by atoms with E-state index in [1.165, 1.54) is 4.88 Å². The maximum atomic E-state index is 12.0. The number of likely N-dealkylation sites (N-methyl/N-ethyl adjacent to an activating group) is 1. The van der Waals surface area contributed by atoms with Gasteiger partial charge in [0.2, 0.25) is 5.91 Å². The molecule has 0 saturated carbocycles. The molecule has 0 aliphatic carbocycles. The smallest absolute Gasteiger partial charge is 0.236 e. The molecule has 0 aliphatic heterocycles. The Hall–Kier alpha value is -0.910. The van der Waals surface area contributed by atoms with Gasteiger partial charge in [-0.1, -0.05) is 13.0 Å². The Bertz CT molecular complexity index is 376. The molecule has 2 unspecified atom stereocenters. The van der Waals surface area contributed by atoms with Crippen LogP contribution in [0.15, 0.2) is 17.5 Å². The molecule has 0 bridgehead atoms. The fraction of sp³-hybridized carbons (Fsp3) is 0.643. The summed E-state index contributed by atoms with van der Waals surface area (Å²) < 4.78 is 0. The summed E-state index contributed by atoms with van der Waals surface area (Å²) >= 11 is 1.70. The highest BCUT2D eigenvalue weighted by atomic mass is 32.1. The lowest BCUT2D eigenvalue weighted by Crippen LogP contribution is -2.44. The molecular formula is C14H25N3OS. The summed E-state index contributed by atoms with van der Waals surface area (Å²) in [5.74, 6) is 0.121. The Labute approximate surface area is 120 Å². The molecule has 0 radical (unpaired) electrons. The van der Waals surface area contributed by atoms with Crippen molar-refractivity contribution in [1.29, 1.82) is 0 Å². The normalized spacial score (nSPS) is 14.4. The van der Waals surface area contributed by atoms with Crippen LogP contribution in [-0.4, -0.2) is 48.9 Å². The Kier molecular flexibility index (Phi) is 6.48. The Morgan fingerprint density at radius 3 is 2.58 bits per heavy atom. The quantitative estimate of drug-likeness (QED) is 0.832. The first-order chi connectivity index (χ1) is 8.97. The summed E-state index contributed by atoms with van der Waals surface area (Å²) in [5.41, 5.74) is 6.15. The minimum Gasteiger partial charge on any atom is -0.348 e. The Morgan fingerprint density at radius 2 is 2.16 bits per heavy atom. The van der Waals surface area contributed by atoms with Crippen LogP contribution in [-0.2, 0) is 4.79 Å². The third-order valence-corrected chi connectivity index (χ3v) is 4.02. The average molecular weight is 283 g/mol. The first kappa shape index (κ1) is 16.1. The van der Waals surface area contributed by atoms with E-state index in [1.54, 1.807) is 30.3 Å². The summed E-state index contributed by atoms with van der Waals surface area (Å²) in [4.78, 5) is 17.0. The first-order valence-electron chi connectivity index (χ1n) is 6.70. The van der Waals surface area contributed by atoms with Crippen LogP contribution in [0.4, 0.5) is 0 Å². The van der Waals surface area contributed by atoms with Gasteiger partial charge in [-0.25, -0.2) is 0 Å². The lowest BCUT2D eigenvalue weighted by atomic mass is 10.1. The fourth-order valence-electron chi connectivity index (χ4n) is 2.15. The van der Waals surface area contributed by atoms with Gasteiger partial charge in [-0.05, 0) is 31.3 Å². The third-order valence-electron chi connectivity index (χ3n) is 3.07. The highest BCUT2D eigenvalue weighted by Crippen LogP contribution is 2.27. The summed E-state index contributed by atoms with van der Waals surface area (Å²) in [6.07, 6.45) is 1.01. The molecule has 0 aliphatic rings. The summed E-state index contributed by atoms with van der Waals surface area (Å²) in [6.45, 7) is 5.43. The standard InChI is InChI=1S/C14H25N3OS/c1-5-8-17(10-13(18)16(3)4)14(11(2)15)12-7-6-9-19-12/h6-7,9,11,14H,5,8,10,15H2,1-4H3. The minimum absolute atomic E-state index is 0.000150. The third kappa shape index (κ3) is 4.60. The molecule has 1 rings (SSSR count).